The molecule has 0 radical (unpaired) electrons. The van der Waals surface area contributed by atoms with Gasteiger partial charge >= 0.3 is 6.16 Å². The number of benzene rings is 2. The van der Waals surface area contributed by atoms with Crippen molar-refractivity contribution < 1.29 is 14.3 Å². The van der Waals surface area contributed by atoms with Crippen molar-refractivity contribution >= 4 is 34.5 Å². The van der Waals surface area contributed by atoms with Gasteiger partial charge in [0.1, 0.15) is 11.9 Å². The zero-order valence-electron chi connectivity index (χ0n) is 13.6. The summed E-state index contributed by atoms with van der Waals surface area (Å²) in [7, 11) is 3.97. The van der Waals surface area contributed by atoms with Crippen molar-refractivity contribution in [1.82, 2.24) is 4.90 Å². The third-order valence-corrected chi connectivity index (χ3v) is 3.79. The number of para-hydroxylation sites is 1. The van der Waals surface area contributed by atoms with E-state index in [4.69, 9.17) is 9.47 Å². The van der Waals surface area contributed by atoms with Gasteiger partial charge in [0, 0.05) is 17.4 Å². The highest BCUT2D eigenvalue weighted by Gasteiger charge is 2.18. The van der Waals surface area contributed by atoms with Gasteiger partial charge in [-0.15, -0.1) is 12.4 Å². The first-order valence-corrected chi connectivity index (χ1v) is 8.17. The molecule has 2 rings (SSSR count). The lowest BCUT2D eigenvalue weighted by Gasteiger charge is -2.20. The number of hydrogen-bond acceptors (Lipinski definition) is 4. The lowest BCUT2D eigenvalue weighted by molar-refractivity contribution is 0.0509. The summed E-state index contributed by atoms with van der Waals surface area (Å²) < 4.78 is 11.7. The van der Waals surface area contributed by atoms with Crippen LogP contribution in [-0.2, 0) is 4.74 Å². The first-order valence-electron chi connectivity index (χ1n) is 7.38. The standard InChI is InChI=1S/C18H20BrNO3.ClH/c1-20(2)13-12-17(14-8-10-15(19)11-9-14)23-18(21)22-16-6-4-3-5-7-16;/h3-11,17H,12-13H2,1-2H3;1H. The molecule has 0 aromatic heterocycles. The van der Waals surface area contributed by atoms with Crippen molar-refractivity contribution in [3.63, 3.8) is 0 Å². The van der Waals surface area contributed by atoms with E-state index >= 15 is 0 Å². The second-order valence-electron chi connectivity index (χ2n) is 5.42. The number of halogens is 2. The molecule has 4 nitrogen and oxygen atoms in total. The third kappa shape index (κ3) is 6.91. The van der Waals surface area contributed by atoms with E-state index in [9.17, 15) is 4.79 Å². The summed E-state index contributed by atoms with van der Waals surface area (Å²) in [5, 5.41) is 0. The van der Waals surface area contributed by atoms with Crippen molar-refractivity contribution in [2.75, 3.05) is 20.6 Å². The van der Waals surface area contributed by atoms with Crippen LogP contribution in [0.15, 0.2) is 59.1 Å². The fourth-order valence-electron chi connectivity index (χ4n) is 2.07. The monoisotopic (exact) mass is 413 g/mol. The van der Waals surface area contributed by atoms with E-state index in [-0.39, 0.29) is 18.5 Å². The first kappa shape index (κ1) is 20.5. The molecule has 0 fully saturated rings. The number of carbonyl (C=O) groups excluding carboxylic acids is 1. The van der Waals surface area contributed by atoms with Gasteiger partial charge in [0.2, 0.25) is 0 Å². The van der Waals surface area contributed by atoms with Crippen LogP contribution < -0.4 is 4.74 Å². The molecule has 2 aromatic rings. The lowest BCUT2D eigenvalue weighted by Crippen LogP contribution is -2.20. The minimum Gasteiger partial charge on any atom is -0.426 e. The maximum Gasteiger partial charge on any atom is 0.514 e. The van der Waals surface area contributed by atoms with Crippen molar-refractivity contribution in [1.29, 1.82) is 0 Å². The van der Waals surface area contributed by atoms with Crippen molar-refractivity contribution in [2.24, 2.45) is 0 Å². The molecule has 0 aliphatic carbocycles. The molecule has 0 amide bonds. The predicted molar refractivity (Wildman–Crippen MR) is 101 cm³/mol. The smallest absolute Gasteiger partial charge is 0.426 e. The van der Waals surface area contributed by atoms with Gasteiger partial charge in [-0.3, -0.25) is 0 Å². The second kappa shape index (κ2) is 10.3. The van der Waals surface area contributed by atoms with Crippen molar-refractivity contribution in [3.05, 3.63) is 64.6 Å². The molecule has 0 bridgehead atoms. The lowest BCUT2D eigenvalue weighted by atomic mass is 10.1. The zero-order chi connectivity index (χ0) is 16.7. The van der Waals surface area contributed by atoms with Gasteiger partial charge in [-0.1, -0.05) is 46.3 Å². The third-order valence-electron chi connectivity index (χ3n) is 3.26. The van der Waals surface area contributed by atoms with E-state index < -0.39 is 6.16 Å². The van der Waals surface area contributed by atoms with Gasteiger partial charge < -0.3 is 14.4 Å². The van der Waals surface area contributed by atoms with Crippen LogP contribution in [0.5, 0.6) is 5.75 Å². The minimum absolute atomic E-state index is 0. The molecule has 1 unspecified atom stereocenters. The highest BCUT2D eigenvalue weighted by atomic mass is 79.9. The summed E-state index contributed by atoms with van der Waals surface area (Å²) >= 11 is 3.41. The van der Waals surface area contributed by atoms with Crippen LogP contribution in [0.4, 0.5) is 4.79 Å². The fraction of sp³-hybridized carbons (Fsp3) is 0.278. The Hall–Kier alpha value is -1.56. The van der Waals surface area contributed by atoms with Gasteiger partial charge in [-0.2, -0.15) is 0 Å². The molecular formula is C18H21BrClNO3. The Morgan fingerprint density at radius 1 is 1.08 bits per heavy atom. The van der Waals surface area contributed by atoms with Crippen LogP contribution in [0.1, 0.15) is 18.1 Å². The van der Waals surface area contributed by atoms with E-state index in [1.165, 1.54) is 0 Å². The number of hydrogen-bond donors (Lipinski definition) is 0. The molecule has 130 valence electrons. The Balaban J connectivity index is 0.00000288. The largest absolute Gasteiger partial charge is 0.514 e. The van der Waals surface area contributed by atoms with E-state index in [0.717, 1.165) is 16.6 Å². The normalized spacial score (nSPS) is 11.5. The van der Waals surface area contributed by atoms with E-state index in [1.807, 2.05) is 44.4 Å². The average molecular weight is 415 g/mol. The van der Waals surface area contributed by atoms with Crippen LogP contribution in [0.2, 0.25) is 0 Å². The van der Waals surface area contributed by atoms with Crippen LogP contribution in [0, 0.1) is 0 Å². The summed E-state index contributed by atoms with van der Waals surface area (Å²) in [5.74, 6) is 0.472. The summed E-state index contributed by atoms with van der Waals surface area (Å²) in [6.45, 7) is 0.805. The van der Waals surface area contributed by atoms with Crippen LogP contribution in [0.3, 0.4) is 0 Å². The van der Waals surface area contributed by atoms with Gasteiger partial charge in [0.05, 0.1) is 0 Å². The highest BCUT2D eigenvalue weighted by Crippen LogP contribution is 2.24. The summed E-state index contributed by atoms with van der Waals surface area (Å²) in [6, 6.07) is 16.7. The molecule has 6 heteroatoms. The number of rotatable bonds is 6. The minimum atomic E-state index is -0.692. The number of carbonyl (C=O) groups is 1. The van der Waals surface area contributed by atoms with Gasteiger partial charge in [0.25, 0.3) is 0 Å². The summed E-state index contributed by atoms with van der Waals surface area (Å²) in [5.41, 5.74) is 0.945. The Morgan fingerprint density at radius 2 is 1.71 bits per heavy atom. The molecule has 0 saturated carbocycles. The van der Waals surface area contributed by atoms with Gasteiger partial charge in [0.15, 0.2) is 0 Å². The predicted octanol–water partition coefficient (Wildman–Crippen LogP) is 5.08. The highest BCUT2D eigenvalue weighted by molar-refractivity contribution is 9.10. The van der Waals surface area contributed by atoms with Crippen LogP contribution in [-0.4, -0.2) is 31.7 Å². The molecule has 1 atom stereocenters. The van der Waals surface area contributed by atoms with Gasteiger partial charge in [-0.25, -0.2) is 4.79 Å². The van der Waals surface area contributed by atoms with Crippen LogP contribution in [0.25, 0.3) is 0 Å². The molecule has 0 saturated heterocycles. The molecule has 0 aliphatic rings. The molecular weight excluding hydrogens is 394 g/mol. The zero-order valence-corrected chi connectivity index (χ0v) is 16.0. The quantitative estimate of drug-likeness (QED) is 0.488. The maximum absolute atomic E-state index is 12.0. The van der Waals surface area contributed by atoms with E-state index in [1.54, 1.807) is 24.3 Å². The van der Waals surface area contributed by atoms with Gasteiger partial charge in [-0.05, 0) is 43.9 Å². The topological polar surface area (TPSA) is 38.8 Å². The van der Waals surface area contributed by atoms with Crippen LogP contribution >= 0.6 is 28.3 Å². The average Bonchev–Trinajstić information content (AvgIpc) is 2.53. The molecule has 0 heterocycles. The Bertz CT molecular complexity index is 620. The maximum atomic E-state index is 12.0. The fourth-order valence-corrected chi connectivity index (χ4v) is 2.34. The SMILES string of the molecule is CN(C)CCC(OC(=O)Oc1ccccc1)c1ccc(Br)cc1.Cl. The second-order valence-corrected chi connectivity index (χ2v) is 6.33. The molecule has 0 spiro atoms. The summed E-state index contributed by atoms with van der Waals surface area (Å²) in [6.07, 6.45) is -0.344. The number of nitrogens with zero attached hydrogens (tertiary/aromatic N) is 1. The van der Waals surface area contributed by atoms with E-state index in [0.29, 0.717) is 12.2 Å². The molecule has 0 N–H and O–H groups in total. The molecule has 2 aromatic carbocycles. The Kier molecular flexibility index (Phi) is 8.82. The van der Waals surface area contributed by atoms with Crippen molar-refractivity contribution in [2.45, 2.75) is 12.5 Å². The van der Waals surface area contributed by atoms with E-state index in [2.05, 4.69) is 20.8 Å². The molecule has 0 aliphatic heterocycles. The molecule has 24 heavy (non-hydrogen) atoms. The Labute approximate surface area is 157 Å². The number of ether oxygens (including phenoxy) is 2. The summed E-state index contributed by atoms with van der Waals surface area (Å²) in [4.78, 5) is 14.1. The Morgan fingerprint density at radius 3 is 2.29 bits per heavy atom. The first-order chi connectivity index (χ1) is 11.0. The van der Waals surface area contributed by atoms with Crippen molar-refractivity contribution in [3.8, 4) is 5.75 Å².